The van der Waals surface area contributed by atoms with Crippen LogP contribution in [0.15, 0.2) is 35.5 Å². The smallest absolute Gasteiger partial charge is 0.195 e. The summed E-state index contributed by atoms with van der Waals surface area (Å²) < 4.78 is 2.28. The molecule has 1 aliphatic carbocycles. The van der Waals surface area contributed by atoms with Crippen molar-refractivity contribution in [1.29, 1.82) is 0 Å². The van der Waals surface area contributed by atoms with E-state index < -0.39 is 0 Å². The van der Waals surface area contributed by atoms with Crippen molar-refractivity contribution in [3.05, 3.63) is 36.2 Å². The first kappa shape index (κ1) is 16.2. The molecule has 0 N–H and O–H groups in total. The summed E-state index contributed by atoms with van der Waals surface area (Å²) in [7, 11) is 2.27. The van der Waals surface area contributed by atoms with Gasteiger partial charge in [-0.1, -0.05) is 36.4 Å². The Morgan fingerprint density at radius 2 is 1.92 bits per heavy atom. The van der Waals surface area contributed by atoms with Crippen LogP contribution in [-0.4, -0.2) is 45.1 Å². The SMILES string of the molecule is CN1CCCCC1CCSc1nnc(C2CC2)n1-c1ccccc1. The van der Waals surface area contributed by atoms with Crippen molar-refractivity contribution in [2.24, 2.45) is 0 Å². The molecule has 1 saturated carbocycles. The number of thioether (sulfide) groups is 1. The van der Waals surface area contributed by atoms with Gasteiger partial charge in [0.2, 0.25) is 0 Å². The van der Waals surface area contributed by atoms with E-state index in [0.29, 0.717) is 5.92 Å². The van der Waals surface area contributed by atoms with Crippen molar-refractivity contribution in [2.45, 2.75) is 55.6 Å². The van der Waals surface area contributed by atoms with Crippen LogP contribution < -0.4 is 0 Å². The molecule has 0 bridgehead atoms. The predicted octanol–water partition coefficient (Wildman–Crippen LogP) is 4.11. The summed E-state index contributed by atoms with van der Waals surface area (Å²) in [6, 6.07) is 11.3. The zero-order valence-electron chi connectivity index (χ0n) is 14.4. The van der Waals surface area contributed by atoms with Gasteiger partial charge in [-0.05, 0) is 57.8 Å². The minimum absolute atomic E-state index is 0.608. The molecule has 1 saturated heterocycles. The molecule has 2 heterocycles. The lowest BCUT2D eigenvalue weighted by atomic mass is 10.0. The topological polar surface area (TPSA) is 34.0 Å². The van der Waals surface area contributed by atoms with Crippen LogP contribution in [0.5, 0.6) is 0 Å². The number of piperidine rings is 1. The van der Waals surface area contributed by atoms with E-state index in [1.54, 1.807) is 0 Å². The molecular weight excluding hydrogens is 316 g/mol. The fourth-order valence-corrected chi connectivity index (χ4v) is 4.59. The molecular formula is C19H26N4S. The molecule has 24 heavy (non-hydrogen) atoms. The summed E-state index contributed by atoms with van der Waals surface area (Å²) in [6.07, 6.45) is 7.82. The molecule has 2 aromatic rings. The van der Waals surface area contributed by atoms with Gasteiger partial charge in [0.05, 0.1) is 0 Å². The van der Waals surface area contributed by atoms with Gasteiger partial charge in [-0.25, -0.2) is 0 Å². The molecule has 2 aliphatic rings. The Kier molecular flexibility index (Phi) is 4.90. The fraction of sp³-hybridized carbons (Fsp3) is 0.579. The van der Waals surface area contributed by atoms with Gasteiger partial charge in [0.15, 0.2) is 5.16 Å². The quantitative estimate of drug-likeness (QED) is 0.740. The van der Waals surface area contributed by atoms with E-state index in [0.717, 1.165) is 22.8 Å². The number of benzene rings is 1. The molecule has 1 aromatic carbocycles. The van der Waals surface area contributed by atoms with Crippen LogP contribution >= 0.6 is 11.8 Å². The average molecular weight is 343 g/mol. The van der Waals surface area contributed by atoms with Crippen molar-refractivity contribution < 1.29 is 0 Å². The third-order valence-electron chi connectivity index (χ3n) is 5.22. The predicted molar refractivity (Wildman–Crippen MR) is 98.9 cm³/mol. The van der Waals surface area contributed by atoms with Crippen molar-refractivity contribution >= 4 is 11.8 Å². The van der Waals surface area contributed by atoms with Crippen molar-refractivity contribution in [2.75, 3.05) is 19.3 Å². The van der Waals surface area contributed by atoms with E-state index in [-0.39, 0.29) is 0 Å². The Morgan fingerprint density at radius 3 is 2.67 bits per heavy atom. The van der Waals surface area contributed by atoms with E-state index in [1.165, 1.54) is 50.8 Å². The highest BCUT2D eigenvalue weighted by molar-refractivity contribution is 7.99. The Bertz CT molecular complexity index is 665. The molecule has 0 radical (unpaired) electrons. The van der Waals surface area contributed by atoms with E-state index in [4.69, 9.17) is 0 Å². The molecule has 128 valence electrons. The van der Waals surface area contributed by atoms with Crippen molar-refractivity contribution in [3.8, 4) is 5.69 Å². The maximum absolute atomic E-state index is 4.52. The lowest BCUT2D eigenvalue weighted by molar-refractivity contribution is 0.182. The van der Waals surface area contributed by atoms with Crippen molar-refractivity contribution in [1.82, 2.24) is 19.7 Å². The highest BCUT2D eigenvalue weighted by Crippen LogP contribution is 2.41. The number of para-hydroxylation sites is 1. The van der Waals surface area contributed by atoms with Crippen LogP contribution in [0, 0.1) is 0 Å². The van der Waals surface area contributed by atoms with Gasteiger partial charge in [0, 0.05) is 23.4 Å². The van der Waals surface area contributed by atoms with E-state index in [9.17, 15) is 0 Å². The molecule has 2 fully saturated rings. The van der Waals surface area contributed by atoms with Crippen LogP contribution in [0.2, 0.25) is 0 Å². The summed E-state index contributed by atoms with van der Waals surface area (Å²) >= 11 is 1.87. The van der Waals surface area contributed by atoms with Crippen LogP contribution in [-0.2, 0) is 0 Å². The highest BCUT2D eigenvalue weighted by Gasteiger charge is 2.31. The number of likely N-dealkylation sites (tertiary alicyclic amines) is 1. The third-order valence-corrected chi connectivity index (χ3v) is 6.18. The number of rotatable bonds is 6. The second-order valence-electron chi connectivity index (χ2n) is 7.05. The molecule has 1 unspecified atom stereocenters. The van der Waals surface area contributed by atoms with Crippen LogP contribution in [0.3, 0.4) is 0 Å². The maximum Gasteiger partial charge on any atom is 0.195 e. The van der Waals surface area contributed by atoms with Gasteiger partial charge < -0.3 is 4.90 Å². The van der Waals surface area contributed by atoms with Gasteiger partial charge in [-0.3, -0.25) is 4.57 Å². The summed E-state index contributed by atoms with van der Waals surface area (Å²) in [4.78, 5) is 2.53. The molecule has 1 atom stereocenters. The first-order chi connectivity index (χ1) is 11.8. The summed E-state index contributed by atoms with van der Waals surface area (Å²) in [6.45, 7) is 1.25. The monoisotopic (exact) mass is 342 g/mol. The van der Waals surface area contributed by atoms with Gasteiger partial charge in [0.25, 0.3) is 0 Å². The van der Waals surface area contributed by atoms with Crippen molar-refractivity contribution in [3.63, 3.8) is 0 Å². The molecule has 4 rings (SSSR count). The fourth-order valence-electron chi connectivity index (χ4n) is 3.60. The normalized spacial score (nSPS) is 22.0. The zero-order valence-corrected chi connectivity index (χ0v) is 15.2. The molecule has 4 nitrogen and oxygen atoms in total. The van der Waals surface area contributed by atoms with Crippen LogP contribution in [0.1, 0.15) is 50.3 Å². The Balaban J connectivity index is 1.47. The summed E-state index contributed by atoms with van der Waals surface area (Å²) in [5.74, 6) is 2.87. The maximum atomic E-state index is 4.52. The first-order valence-corrected chi connectivity index (χ1v) is 10.2. The molecule has 0 amide bonds. The second-order valence-corrected chi connectivity index (χ2v) is 8.12. The van der Waals surface area contributed by atoms with Crippen LogP contribution in [0.25, 0.3) is 5.69 Å². The lowest BCUT2D eigenvalue weighted by Gasteiger charge is -2.32. The minimum atomic E-state index is 0.608. The van der Waals surface area contributed by atoms with Crippen LogP contribution in [0.4, 0.5) is 0 Å². The Labute approximate surface area is 148 Å². The third kappa shape index (κ3) is 3.52. The Morgan fingerprint density at radius 1 is 1.08 bits per heavy atom. The lowest BCUT2D eigenvalue weighted by Crippen LogP contribution is -2.36. The number of hydrogen-bond donors (Lipinski definition) is 0. The van der Waals surface area contributed by atoms with Gasteiger partial charge in [0.1, 0.15) is 5.82 Å². The van der Waals surface area contributed by atoms with Gasteiger partial charge in [-0.15, -0.1) is 10.2 Å². The molecule has 1 aliphatic heterocycles. The van der Waals surface area contributed by atoms with E-state index in [1.807, 2.05) is 11.8 Å². The summed E-state index contributed by atoms with van der Waals surface area (Å²) in [5, 5.41) is 10.1. The van der Waals surface area contributed by atoms with E-state index >= 15 is 0 Å². The molecule has 5 heteroatoms. The molecule has 0 spiro atoms. The summed E-state index contributed by atoms with van der Waals surface area (Å²) in [5.41, 5.74) is 1.20. The number of hydrogen-bond acceptors (Lipinski definition) is 4. The first-order valence-electron chi connectivity index (χ1n) is 9.16. The van der Waals surface area contributed by atoms with Gasteiger partial charge in [-0.2, -0.15) is 0 Å². The number of nitrogens with zero attached hydrogens (tertiary/aromatic N) is 4. The zero-order chi connectivity index (χ0) is 16.4. The largest absolute Gasteiger partial charge is 0.303 e. The highest BCUT2D eigenvalue weighted by atomic mass is 32.2. The minimum Gasteiger partial charge on any atom is -0.303 e. The Hall–Kier alpha value is -1.33. The average Bonchev–Trinajstić information content (AvgIpc) is 3.38. The molecule has 1 aromatic heterocycles. The second kappa shape index (κ2) is 7.28. The van der Waals surface area contributed by atoms with Gasteiger partial charge >= 0.3 is 0 Å². The number of aromatic nitrogens is 3. The van der Waals surface area contributed by atoms with E-state index in [2.05, 4.69) is 57.0 Å². The standard InChI is InChI=1S/C19H26N4S/c1-22-13-6-5-7-16(22)12-14-24-19-21-20-18(15-10-11-15)23(19)17-8-3-2-4-9-17/h2-4,8-9,15-16H,5-7,10-14H2,1H3.